The number of ether oxygens (including phenoxy) is 1. The van der Waals surface area contributed by atoms with E-state index in [1.807, 2.05) is 12.1 Å². The molecule has 11 heavy (non-hydrogen) atoms. The zero-order valence-electron chi connectivity index (χ0n) is 6.87. The fourth-order valence-electron chi connectivity index (χ4n) is 0.604. The van der Waals surface area contributed by atoms with Crippen molar-refractivity contribution in [2.75, 3.05) is 19.9 Å². The lowest BCUT2D eigenvalue weighted by Crippen LogP contribution is -1.84. The van der Waals surface area contributed by atoms with Crippen molar-refractivity contribution in [3.8, 4) is 5.75 Å². The lowest BCUT2D eigenvalue weighted by molar-refractivity contribution is 0.415. The molecule has 0 aromatic heterocycles. The van der Waals surface area contributed by atoms with Crippen LogP contribution in [0.25, 0.3) is 0 Å². The zero-order valence-corrected chi connectivity index (χ0v) is 6.87. The summed E-state index contributed by atoms with van der Waals surface area (Å²) in [7, 11) is 3.13. The van der Waals surface area contributed by atoms with Crippen LogP contribution in [0.5, 0.6) is 5.75 Å². The van der Waals surface area contributed by atoms with E-state index in [-0.39, 0.29) is 0 Å². The fraction of sp³-hybridized carbons (Fsp3) is 0.250. The highest BCUT2D eigenvalue weighted by Crippen LogP contribution is 2.11. The van der Waals surface area contributed by atoms with Crippen molar-refractivity contribution in [2.24, 2.45) is 5.73 Å². The van der Waals surface area contributed by atoms with Gasteiger partial charge in [0.1, 0.15) is 5.75 Å². The summed E-state index contributed by atoms with van der Waals surface area (Å²) in [6, 6.07) is 7.27. The van der Waals surface area contributed by atoms with Gasteiger partial charge in [-0.1, -0.05) is 0 Å². The van der Waals surface area contributed by atoms with Crippen LogP contribution in [-0.4, -0.2) is 14.2 Å². The highest BCUT2D eigenvalue weighted by molar-refractivity contribution is 5.41. The van der Waals surface area contributed by atoms with Crippen molar-refractivity contribution in [3.63, 3.8) is 0 Å². The summed E-state index contributed by atoms with van der Waals surface area (Å²) in [5.41, 5.74) is 10.7. The number of anilines is 1. The summed E-state index contributed by atoms with van der Waals surface area (Å²) in [5.74, 6) is 0.837. The van der Waals surface area contributed by atoms with Crippen molar-refractivity contribution >= 4 is 5.69 Å². The molecule has 0 aliphatic carbocycles. The number of nitrogens with two attached hydrogens (primary N) is 2. The minimum atomic E-state index is 0.760. The summed E-state index contributed by atoms with van der Waals surface area (Å²) < 4.78 is 4.91. The molecule has 0 spiro atoms. The van der Waals surface area contributed by atoms with E-state index in [1.54, 1.807) is 19.2 Å². The third-order valence-electron chi connectivity index (χ3n) is 1.12. The number of benzene rings is 1. The molecule has 0 aliphatic rings. The lowest BCUT2D eigenvalue weighted by atomic mass is 10.3. The molecule has 1 aromatic rings. The average Bonchev–Trinajstić information content (AvgIpc) is 2.10. The van der Waals surface area contributed by atoms with Gasteiger partial charge in [0.25, 0.3) is 0 Å². The van der Waals surface area contributed by atoms with E-state index in [0.29, 0.717) is 0 Å². The van der Waals surface area contributed by atoms with E-state index >= 15 is 0 Å². The van der Waals surface area contributed by atoms with Gasteiger partial charge in [-0.2, -0.15) is 0 Å². The SMILES string of the molecule is CN.COc1ccc(N)cc1. The third-order valence-corrected chi connectivity index (χ3v) is 1.12. The van der Waals surface area contributed by atoms with Crippen molar-refractivity contribution < 1.29 is 4.74 Å². The van der Waals surface area contributed by atoms with E-state index < -0.39 is 0 Å². The number of hydrogen-bond acceptors (Lipinski definition) is 3. The molecular formula is C8H14N2O. The average molecular weight is 154 g/mol. The quantitative estimate of drug-likeness (QED) is 0.589. The molecule has 62 valence electrons. The van der Waals surface area contributed by atoms with Crippen LogP contribution in [0, 0.1) is 0 Å². The van der Waals surface area contributed by atoms with Crippen molar-refractivity contribution in [3.05, 3.63) is 24.3 Å². The second kappa shape index (κ2) is 5.56. The van der Waals surface area contributed by atoms with Crippen molar-refractivity contribution in [2.45, 2.75) is 0 Å². The predicted molar refractivity (Wildman–Crippen MR) is 47.5 cm³/mol. The highest BCUT2D eigenvalue weighted by Gasteiger charge is 1.85. The number of methoxy groups -OCH3 is 1. The van der Waals surface area contributed by atoms with Crippen LogP contribution in [0.4, 0.5) is 5.69 Å². The van der Waals surface area contributed by atoms with E-state index in [0.717, 1.165) is 11.4 Å². The molecule has 3 nitrogen and oxygen atoms in total. The van der Waals surface area contributed by atoms with Crippen LogP contribution in [0.15, 0.2) is 24.3 Å². The first kappa shape index (κ1) is 9.78. The van der Waals surface area contributed by atoms with Gasteiger partial charge in [-0.3, -0.25) is 0 Å². The van der Waals surface area contributed by atoms with Crippen LogP contribution in [0.3, 0.4) is 0 Å². The largest absolute Gasteiger partial charge is 0.497 e. The summed E-state index contributed by atoms with van der Waals surface area (Å²) in [6.45, 7) is 0. The number of nitrogen functional groups attached to an aromatic ring is 1. The Balaban J connectivity index is 0.000000461. The first-order valence-corrected chi connectivity index (χ1v) is 3.30. The Bertz CT molecular complexity index is 184. The van der Waals surface area contributed by atoms with Crippen LogP contribution in [0.1, 0.15) is 0 Å². The maximum Gasteiger partial charge on any atom is 0.119 e. The molecule has 0 atom stereocenters. The van der Waals surface area contributed by atoms with E-state index in [2.05, 4.69) is 5.73 Å². The maximum atomic E-state index is 5.43. The summed E-state index contributed by atoms with van der Waals surface area (Å²) in [6.07, 6.45) is 0. The molecule has 0 fully saturated rings. The lowest BCUT2D eigenvalue weighted by Gasteiger charge is -1.97. The topological polar surface area (TPSA) is 61.3 Å². The van der Waals surface area contributed by atoms with E-state index in [4.69, 9.17) is 10.5 Å². The van der Waals surface area contributed by atoms with Gasteiger partial charge < -0.3 is 16.2 Å². The summed E-state index contributed by atoms with van der Waals surface area (Å²) in [5, 5.41) is 0. The van der Waals surface area contributed by atoms with Gasteiger partial charge in [0.2, 0.25) is 0 Å². The van der Waals surface area contributed by atoms with Gasteiger partial charge in [-0.25, -0.2) is 0 Å². The zero-order chi connectivity index (χ0) is 8.69. The number of hydrogen-bond donors (Lipinski definition) is 2. The molecule has 1 aromatic carbocycles. The molecule has 4 N–H and O–H groups in total. The van der Waals surface area contributed by atoms with Crippen LogP contribution in [0.2, 0.25) is 0 Å². The van der Waals surface area contributed by atoms with Crippen LogP contribution >= 0.6 is 0 Å². The Kier molecular flexibility index (Phi) is 4.94. The Labute approximate surface area is 67.0 Å². The molecule has 0 radical (unpaired) electrons. The highest BCUT2D eigenvalue weighted by atomic mass is 16.5. The molecule has 0 unspecified atom stereocenters. The Hall–Kier alpha value is -1.22. The Morgan fingerprint density at radius 3 is 1.91 bits per heavy atom. The van der Waals surface area contributed by atoms with Crippen molar-refractivity contribution in [1.29, 1.82) is 0 Å². The smallest absolute Gasteiger partial charge is 0.119 e. The standard InChI is InChI=1S/C7H9NO.CH5N/c1-9-7-4-2-6(8)3-5-7;1-2/h2-5H,8H2,1H3;2H2,1H3. The van der Waals surface area contributed by atoms with Gasteiger partial charge in [0.05, 0.1) is 7.11 Å². The van der Waals surface area contributed by atoms with E-state index in [1.165, 1.54) is 7.05 Å². The first-order valence-electron chi connectivity index (χ1n) is 3.30. The summed E-state index contributed by atoms with van der Waals surface area (Å²) >= 11 is 0. The minimum Gasteiger partial charge on any atom is -0.497 e. The molecule has 1 rings (SSSR count). The van der Waals surface area contributed by atoms with E-state index in [9.17, 15) is 0 Å². The Morgan fingerprint density at radius 2 is 1.55 bits per heavy atom. The second-order valence-electron chi connectivity index (χ2n) is 1.77. The minimum absolute atomic E-state index is 0.760. The molecule has 0 heterocycles. The number of rotatable bonds is 1. The fourth-order valence-corrected chi connectivity index (χ4v) is 0.604. The van der Waals surface area contributed by atoms with Crippen LogP contribution in [-0.2, 0) is 0 Å². The normalized spacial score (nSPS) is 7.91. The molecule has 0 saturated carbocycles. The van der Waals surface area contributed by atoms with Gasteiger partial charge in [0.15, 0.2) is 0 Å². The third kappa shape index (κ3) is 3.47. The molecule has 0 aliphatic heterocycles. The maximum absolute atomic E-state index is 5.43. The first-order chi connectivity index (χ1) is 5.33. The molecule has 0 amide bonds. The van der Waals surface area contributed by atoms with Crippen molar-refractivity contribution in [1.82, 2.24) is 0 Å². The summed E-state index contributed by atoms with van der Waals surface area (Å²) in [4.78, 5) is 0. The van der Waals surface area contributed by atoms with Crippen LogP contribution < -0.4 is 16.2 Å². The molecule has 3 heteroatoms. The Morgan fingerprint density at radius 1 is 1.09 bits per heavy atom. The van der Waals surface area contributed by atoms with Gasteiger partial charge in [0, 0.05) is 5.69 Å². The molecule has 0 saturated heterocycles. The van der Waals surface area contributed by atoms with Gasteiger partial charge in [-0.05, 0) is 31.3 Å². The molecule has 0 bridgehead atoms. The molecular weight excluding hydrogens is 140 g/mol. The van der Waals surface area contributed by atoms with Gasteiger partial charge >= 0.3 is 0 Å². The monoisotopic (exact) mass is 154 g/mol. The van der Waals surface area contributed by atoms with Gasteiger partial charge in [-0.15, -0.1) is 0 Å². The predicted octanol–water partition coefficient (Wildman–Crippen LogP) is 0.852. The second-order valence-corrected chi connectivity index (χ2v) is 1.77.